The third-order valence-electron chi connectivity index (χ3n) is 3.38. The van der Waals surface area contributed by atoms with Crippen LogP contribution in [0.2, 0.25) is 0 Å². The molecule has 0 spiro atoms. The summed E-state index contributed by atoms with van der Waals surface area (Å²) in [6.45, 7) is 0. The summed E-state index contributed by atoms with van der Waals surface area (Å²) < 4.78 is 0. The van der Waals surface area contributed by atoms with Crippen molar-refractivity contribution >= 4 is 16.9 Å². The van der Waals surface area contributed by atoms with E-state index in [0.29, 0.717) is 16.8 Å². The molecule has 0 bridgehead atoms. The molecule has 102 valence electrons. The first-order valence-corrected chi connectivity index (χ1v) is 6.35. The van der Waals surface area contributed by atoms with E-state index in [4.69, 9.17) is 5.26 Å². The summed E-state index contributed by atoms with van der Waals surface area (Å²) in [5.74, 6) is -1.90. The number of aromatic amines is 1. The number of benzene rings is 1. The quantitative estimate of drug-likeness (QED) is 0.770. The number of rotatable bonds is 3. The third kappa shape index (κ3) is 2.23. The molecule has 2 heterocycles. The van der Waals surface area contributed by atoms with E-state index in [0.717, 1.165) is 10.9 Å². The van der Waals surface area contributed by atoms with Crippen LogP contribution in [0.1, 0.15) is 22.7 Å². The summed E-state index contributed by atoms with van der Waals surface area (Å²) in [5, 5.41) is 19.4. The fourth-order valence-corrected chi connectivity index (χ4v) is 2.44. The molecule has 1 atom stereocenters. The van der Waals surface area contributed by atoms with Gasteiger partial charge in [-0.2, -0.15) is 5.26 Å². The van der Waals surface area contributed by atoms with Gasteiger partial charge in [0, 0.05) is 23.3 Å². The molecule has 0 aliphatic carbocycles. The number of aromatic nitrogens is 2. The summed E-state index contributed by atoms with van der Waals surface area (Å²) in [7, 11) is 0. The monoisotopic (exact) mass is 277 g/mol. The second-order valence-corrected chi connectivity index (χ2v) is 4.64. The van der Waals surface area contributed by atoms with Gasteiger partial charge < -0.3 is 10.1 Å². The highest BCUT2D eigenvalue weighted by Gasteiger charge is 2.26. The number of carboxylic acid groups (broad SMARTS) is 1. The molecule has 3 aromatic rings. The van der Waals surface area contributed by atoms with Crippen molar-refractivity contribution in [3.05, 3.63) is 65.6 Å². The number of hydrogen-bond acceptors (Lipinski definition) is 3. The lowest BCUT2D eigenvalue weighted by Crippen LogP contribution is -2.15. The highest BCUT2D eigenvalue weighted by atomic mass is 16.4. The van der Waals surface area contributed by atoms with Gasteiger partial charge in [-0.25, -0.2) is 0 Å². The second kappa shape index (κ2) is 5.10. The lowest BCUT2D eigenvalue weighted by molar-refractivity contribution is -0.137. The predicted octanol–water partition coefficient (Wildman–Crippen LogP) is 2.65. The van der Waals surface area contributed by atoms with Crippen molar-refractivity contribution < 1.29 is 9.90 Å². The number of fused-ring (bicyclic) bond motifs is 1. The van der Waals surface area contributed by atoms with Crippen molar-refractivity contribution in [1.29, 1.82) is 5.26 Å². The Morgan fingerprint density at radius 1 is 1.33 bits per heavy atom. The number of nitriles is 1. The summed E-state index contributed by atoms with van der Waals surface area (Å²) in [6, 6.07) is 12.2. The Morgan fingerprint density at radius 2 is 2.19 bits per heavy atom. The van der Waals surface area contributed by atoms with Crippen LogP contribution in [0, 0.1) is 11.3 Å². The minimum atomic E-state index is -0.994. The van der Waals surface area contributed by atoms with Gasteiger partial charge in [0.1, 0.15) is 5.92 Å². The van der Waals surface area contributed by atoms with Crippen molar-refractivity contribution in [1.82, 2.24) is 9.97 Å². The number of carbonyl (C=O) groups is 1. The fraction of sp³-hybridized carbons (Fsp3) is 0.0625. The third-order valence-corrected chi connectivity index (χ3v) is 3.38. The van der Waals surface area contributed by atoms with Crippen LogP contribution in [0.5, 0.6) is 0 Å². The predicted molar refractivity (Wildman–Crippen MR) is 76.7 cm³/mol. The van der Waals surface area contributed by atoms with Crippen LogP contribution in [0.25, 0.3) is 10.9 Å². The highest BCUT2D eigenvalue weighted by molar-refractivity contribution is 5.89. The molecule has 1 unspecified atom stereocenters. The van der Waals surface area contributed by atoms with Crippen LogP contribution in [0.3, 0.4) is 0 Å². The summed E-state index contributed by atoms with van der Waals surface area (Å²) in [4.78, 5) is 19.0. The van der Waals surface area contributed by atoms with E-state index in [9.17, 15) is 9.90 Å². The molecule has 0 saturated carbocycles. The van der Waals surface area contributed by atoms with Crippen LogP contribution in [-0.2, 0) is 4.79 Å². The minimum Gasteiger partial charge on any atom is -0.480 e. The molecule has 1 aromatic carbocycles. The van der Waals surface area contributed by atoms with E-state index >= 15 is 0 Å². The zero-order valence-electron chi connectivity index (χ0n) is 10.9. The molecule has 5 nitrogen and oxygen atoms in total. The molecule has 0 fully saturated rings. The zero-order valence-corrected chi connectivity index (χ0v) is 10.9. The van der Waals surface area contributed by atoms with Gasteiger partial charge in [-0.15, -0.1) is 0 Å². The van der Waals surface area contributed by atoms with Gasteiger partial charge in [0.2, 0.25) is 0 Å². The Balaban J connectivity index is 2.21. The lowest BCUT2D eigenvalue weighted by Gasteiger charge is -2.13. The molecule has 21 heavy (non-hydrogen) atoms. The number of pyridine rings is 1. The normalized spacial score (nSPS) is 12.0. The standard InChI is InChI=1S/C16H11N3O2/c17-9-10-2-1-3-11(8-10)14(16(20)21)15-12-4-6-18-13(12)5-7-19-15/h1-8,14,18H,(H,20,21). The van der Waals surface area contributed by atoms with Gasteiger partial charge in [0.25, 0.3) is 0 Å². The van der Waals surface area contributed by atoms with Crippen molar-refractivity contribution in [2.45, 2.75) is 5.92 Å². The fourth-order valence-electron chi connectivity index (χ4n) is 2.44. The summed E-state index contributed by atoms with van der Waals surface area (Å²) in [6.07, 6.45) is 3.33. The molecule has 0 radical (unpaired) electrons. The number of aliphatic carboxylic acids is 1. The molecule has 2 N–H and O–H groups in total. The smallest absolute Gasteiger partial charge is 0.317 e. The van der Waals surface area contributed by atoms with Crippen molar-refractivity contribution in [3.63, 3.8) is 0 Å². The van der Waals surface area contributed by atoms with Crippen LogP contribution in [0.4, 0.5) is 0 Å². The van der Waals surface area contributed by atoms with Gasteiger partial charge >= 0.3 is 5.97 Å². The Morgan fingerprint density at radius 3 is 2.95 bits per heavy atom. The van der Waals surface area contributed by atoms with Crippen molar-refractivity contribution in [2.75, 3.05) is 0 Å². The number of hydrogen-bond donors (Lipinski definition) is 2. The first-order valence-electron chi connectivity index (χ1n) is 6.35. The Bertz CT molecular complexity index is 861. The Kier molecular flexibility index (Phi) is 3.13. The topological polar surface area (TPSA) is 89.8 Å². The van der Waals surface area contributed by atoms with E-state index in [-0.39, 0.29) is 0 Å². The number of nitrogens with one attached hydrogen (secondary N) is 1. The highest BCUT2D eigenvalue weighted by Crippen LogP contribution is 2.29. The number of nitrogens with zero attached hydrogens (tertiary/aromatic N) is 2. The number of carboxylic acids is 1. The average Bonchev–Trinajstić information content (AvgIpc) is 2.97. The van der Waals surface area contributed by atoms with Gasteiger partial charge in [0.15, 0.2) is 0 Å². The maximum atomic E-state index is 11.7. The van der Waals surface area contributed by atoms with Crippen LogP contribution in [-0.4, -0.2) is 21.0 Å². The summed E-state index contributed by atoms with van der Waals surface area (Å²) in [5.41, 5.74) is 2.28. The van der Waals surface area contributed by atoms with Gasteiger partial charge in [0.05, 0.1) is 17.3 Å². The Hall–Kier alpha value is -3.13. The Labute approximate surface area is 120 Å². The molecule has 0 saturated heterocycles. The van der Waals surface area contributed by atoms with E-state index in [1.165, 1.54) is 0 Å². The molecular formula is C16H11N3O2. The molecule has 0 amide bonds. The SMILES string of the molecule is N#Cc1cccc(C(C(=O)O)c2nccc3[nH]ccc23)c1. The maximum absolute atomic E-state index is 11.7. The molecule has 3 rings (SSSR count). The average molecular weight is 277 g/mol. The largest absolute Gasteiger partial charge is 0.480 e. The van der Waals surface area contributed by atoms with E-state index in [1.807, 2.05) is 12.1 Å². The van der Waals surface area contributed by atoms with Crippen LogP contribution in [0.15, 0.2) is 48.8 Å². The van der Waals surface area contributed by atoms with Gasteiger partial charge in [-0.1, -0.05) is 12.1 Å². The molecule has 0 aliphatic rings. The zero-order chi connectivity index (χ0) is 14.8. The molecular weight excluding hydrogens is 266 g/mol. The summed E-state index contributed by atoms with van der Waals surface area (Å²) >= 11 is 0. The first-order chi connectivity index (χ1) is 10.2. The van der Waals surface area contributed by atoms with Crippen molar-refractivity contribution in [3.8, 4) is 6.07 Å². The molecule has 2 aromatic heterocycles. The van der Waals surface area contributed by atoms with Gasteiger partial charge in [-0.3, -0.25) is 9.78 Å². The molecule has 5 heteroatoms. The van der Waals surface area contributed by atoms with Crippen LogP contribution < -0.4 is 0 Å². The lowest BCUT2D eigenvalue weighted by atomic mass is 9.92. The first kappa shape index (κ1) is 12.9. The molecule has 0 aliphatic heterocycles. The van der Waals surface area contributed by atoms with Gasteiger partial charge in [-0.05, 0) is 29.8 Å². The number of H-pyrrole nitrogens is 1. The van der Waals surface area contributed by atoms with Crippen molar-refractivity contribution in [2.24, 2.45) is 0 Å². The van der Waals surface area contributed by atoms with E-state index < -0.39 is 11.9 Å². The second-order valence-electron chi connectivity index (χ2n) is 4.64. The van der Waals surface area contributed by atoms with E-state index in [2.05, 4.69) is 9.97 Å². The maximum Gasteiger partial charge on any atom is 0.317 e. The minimum absolute atomic E-state index is 0.431. The van der Waals surface area contributed by atoms with E-state index in [1.54, 1.807) is 42.7 Å². The van der Waals surface area contributed by atoms with Crippen LogP contribution >= 0.6 is 0 Å².